The number of rotatable bonds is 11. The highest BCUT2D eigenvalue weighted by atomic mass is 127. The molecule has 3 unspecified atom stereocenters. The molecule has 8 N–H and O–H groups in total. The number of nitrogens with zero attached hydrogens (tertiary/aromatic N) is 1. The Hall–Kier alpha value is 0.0700. The molecule has 1 aromatic carbocycles. The van der Waals surface area contributed by atoms with Gasteiger partial charge in [-0.25, -0.2) is 0 Å². The molecule has 0 bridgehead atoms. The Morgan fingerprint density at radius 3 is 1.97 bits per heavy atom. The molecule has 31 heavy (non-hydrogen) atoms. The van der Waals surface area contributed by atoms with E-state index in [9.17, 15) is 35.1 Å². The number of aliphatic hydroxyl groups is 7. The van der Waals surface area contributed by atoms with Gasteiger partial charge in [0, 0.05) is 19.2 Å². The Morgan fingerprint density at radius 1 is 0.903 bits per heavy atom. The highest BCUT2D eigenvalue weighted by Crippen LogP contribution is 2.38. The minimum Gasteiger partial charge on any atom is -0.395 e. The molecule has 0 aliphatic heterocycles. The monoisotopic (exact) mass is 780 g/mol. The van der Waals surface area contributed by atoms with Crippen LogP contribution in [0.2, 0.25) is 0 Å². The van der Waals surface area contributed by atoms with Gasteiger partial charge in [-0.05, 0) is 67.8 Å². The number of benzene rings is 1. The molecule has 0 aliphatic rings. The van der Waals surface area contributed by atoms with Gasteiger partial charge in [0.1, 0.15) is 0 Å². The molecule has 0 heterocycles. The van der Waals surface area contributed by atoms with Crippen LogP contribution in [0, 0.1) is 10.7 Å². The quantitative estimate of drug-likeness (QED) is 0.119. The number of carbonyl (C=O) groups excluding carboxylic acids is 2. The molecular weight excluding hydrogens is 757 g/mol. The van der Waals surface area contributed by atoms with Crippen molar-refractivity contribution in [3.63, 3.8) is 0 Å². The molecule has 0 fully saturated rings. The van der Waals surface area contributed by atoms with E-state index in [1.807, 2.05) is 45.2 Å². The number of hydrogen-bond acceptors (Lipinski definition) is 9. The lowest BCUT2D eigenvalue weighted by Gasteiger charge is -2.29. The highest BCUT2D eigenvalue weighted by molar-refractivity contribution is 14.1. The van der Waals surface area contributed by atoms with Crippen molar-refractivity contribution in [3.8, 4) is 0 Å². The zero-order valence-electron chi connectivity index (χ0n) is 16.0. The highest BCUT2D eigenvalue weighted by Gasteiger charge is 2.32. The Morgan fingerprint density at radius 2 is 1.52 bits per heavy atom. The number of halogens is 3. The molecule has 2 amide bonds. The standard InChI is InChI=1S/C17H23I3N2O9/c18-12-7(3-24)13(19)15(22(1-2-23)17(31)10(29)6-27)14(20)11(12)16(30)21-8(4-25)9(28)5-26/h8-10,23-29H,1-6H2,(H,21,30). The number of nitrogens with one attached hydrogen (secondary N) is 1. The Labute approximate surface area is 218 Å². The molecule has 0 saturated heterocycles. The maximum atomic E-state index is 13.0. The average molecular weight is 780 g/mol. The van der Waals surface area contributed by atoms with Gasteiger partial charge in [0.15, 0.2) is 6.10 Å². The zero-order chi connectivity index (χ0) is 23.9. The van der Waals surface area contributed by atoms with Crippen LogP contribution in [0.25, 0.3) is 0 Å². The molecule has 0 radical (unpaired) electrons. The second-order valence-electron chi connectivity index (χ2n) is 6.23. The van der Waals surface area contributed by atoms with Gasteiger partial charge in [-0.1, -0.05) is 0 Å². The van der Waals surface area contributed by atoms with Gasteiger partial charge in [-0.2, -0.15) is 0 Å². The number of carbonyl (C=O) groups is 2. The normalized spacial score (nSPS) is 14.1. The molecule has 11 nitrogen and oxygen atoms in total. The first-order valence-corrected chi connectivity index (χ1v) is 12.1. The van der Waals surface area contributed by atoms with Crippen LogP contribution in [0.15, 0.2) is 0 Å². The summed E-state index contributed by atoms with van der Waals surface area (Å²) < 4.78 is 0.985. The van der Waals surface area contributed by atoms with Crippen molar-refractivity contribution in [3.05, 3.63) is 21.8 Å². The fraction of sp³-hybridized carbons (Fsp3) is 0.529. The molecule has 0 spiro atoms. The maximum Gasteiger partial charge on any atom is 0.258 e. The first-order valence-electron chi connectivity index (χ1n) is 8.83. The van der Waals surface area contributed by atoms with Gasteiger partial charge in [-0.15, -0.1) is 0 Å². The summed E-state index contributed by atoms with van der Waals surface area (Å²) in [6.07, 6.45) is -3.18. The summed E-state index contributed by atoms with van der Waals surface area (Å²) in [5.41, 5.74) is 0.475. The SMILES string of the molecule is O=C(NC(CO)C(O)CO)c1c(I)c(CO)c(I)c(N(CCO)C(=O)C(O)CO)c1I. The smallest absolute Gasteiger partial charge is 0.258 e. The molecule has 1 rings (SSSR count). The van der Waals surface area contributed by atoms with E-state index in [-0.39, 0.29) is 21.4 Å². The predicted molar refractivity (Wildman–Crippen MR) is 134 cm³/mol. The van der Waals surface area contributed by atoms with Crippen LogP contribution in [-0.4, -0.2) is 98.8 Å². The Balaban J connectivity index is 3.68. The van der Waals surface area contributed by atoms with E-state index < -0.39 is 63.1 Å². The molecule has 0 aliphatic carbocycles. The first-order chi connectivity index (χ1) is 14.6. The van der Waals surface area contributed by atoms with E-state index in [0.717, 1.165) is 4.90 Å². The summed E-state index contributed by atoms with van der Waals surface area (Å²) in [6.45, 7) is -3.42. The molecule has 0 aromatic heterocycles. The van der Waals surface area contributed by atoms with Crippen molar-refractivity contribution in [2.75, 3.05) is 37.9 Å². The predicted octanol–water partition coefficient (Wildman–Crippen LogP) is -1.88. The van der Waals surface area contributed by atoms with E-state index in [1.54, 1.807) is 22.6 Å². The van der Waals surface area contributed by atoms with Crippen LogP contribution in [0.4, 0.5) is 5.69 Å². The third-order valence-electron chi connectivity index (χ3n) is 4.25. The minimum atomic E-state index is -1.76. The summed E-state index contributed by atoms with van der Waals surface area (Å²) in [4.78, 5) is 26.6. The lowest BCUT2D eigenvalue weighted by Crippen LogP contribution is -2.48. The molecule has 176 valence electrons. The van der Waals surface area contributed by atoms with Crippen molar-refractivity contribution in [1.29, 1.82) is 0 Å². The van der Waals surface area contributed by atoms with Crippen LogP contribution < -0.4 is 10.2 Å². The molecule has 3 atom stereocenters. The minimum absolute atomic E-state index is 0.0264. The summed E-state index contributed by atoms with van der Waals surface area (Å²) in [5.74, 6) is -1.65. The summed E-state index contributed by atoms with van der Waals surface area (Å²) in [5, 5.41) is 69.0. The third-order valence-corrected chi connectivity index (χ3v) is 7.65. The van der Waals surface area contributed by atoms with Crippen molar-refractivity contribution in [2.24, 2.45) is 0 Å². The second kappa shape index (κ2) is 13.7. The van der Waals surface area contributed by atoms with E-state index in [4.69, 9.17) is 10.2 Å². The maximum absolute atomic E-state index is 13.0. The van der Waals surface area contributed by atoms with Gasteiger partial charge in [0.05, 0.1) is 60.0 Å². The first kappa shape index (κ1) is 29.1. The number of aliphatic hydroxyl groups excluding tert-OH is 7. The lowest BCUT2D eigenvalue weighted by molar-refractivity contribution is -0.128. The van der Waals surface area contributed by atoms with E-state index >= 15 is 0 Å². The summed E-state index contributed by atoms with van der Waals surface area (Å²) in [7, 11) is 0. The lowest BCUT2D eigenvalue weighted by atomic mass is 10.1. The van der Waals surface area contributed by atoms with Crippen molar-refractivity contribution < 1.29 is 45.3 Å². The molecular formula is C17H23I3N2O9. The van der Waals surface area contributed by atoms with Crippen LogP contribution in [0.1, 0.15) is 15.9 Å². The average Bonchev–Trinajstić information content (AvgIpc) is 2.75. The summed E-state index contributed by atoms with van der Waals surface area (Å²) >= 11 is 5.52. The molecule has 0 saturated carbocycles. The topological polar surface area (TPSA) is 191 Å². The van der Waals surface area contributed by atoms with Crippen LogP contribution >= 0.6 is 67.8 Å². The van der Waals surface area contributed by atoms with Crippen molar-refractivity contribution >= 4 is 85.3 Å². The number of hydrogen-bond donors (Lipinski definition) is 8. The molecule has 1 aromatic rings. The van der Waals surface area contributed by atoms with Gasteiger partial charge in [-0.3, -0.25) is 9.59 Å². The number of amides is 2. The fourth-order valence-corrected chi connectivity index (χ4v) is 7.18. The third kappa shape index (κ3) is 6.79. The summed E-state index contributed by atoms with van der Waals surface area (Å²) in [6, 6.07) is -1.17. The second-order valence-corrected chi connectivity index (χ2v) is 9.46. The zero-order valence-corrected chi connectivity index (χ0v) is 22.5. The van der Waals surface area contributed by atoms with E-state index in [2.05, 4.69) is 5.32 Å². The van der Waals surface area contributed by atoms with Gasteiger partial charge < -0.3 is 46.0 Å². The Bertz CT molecular complexity index is 797. The van der Waals surface area contributed by atoms with E-state index in [1.165, 1.54) is 0 Å². The van der Waals surface area contributed by atoms with Crippen LogP contribution in [0.3, 0.4) is 0 Å². The fourth-order valence-electron chi connectivity index (χ4n) is 2.60. The Kier molecular flexibility index (Phi) is 12.9. The van der Waals surface area contributed by atoms with Crippen molar-refractivity contribution in [1.82, 2.24) is 5.32 Å². The van der Waals surface area contributed by atoms with Crippen LogP contribution in [-0.2, 0) is 11.4 Å². The van der Waals surface area contributed by atoms with Gasteiger partial charge in [0.25, 0.3) is 11.8 Å². The van der Waals surface area contributed by atoms with E-state index in [0.29, 0.717) is 12.7 Å². The van der Waals surface area contributed by atoms with Gasteiger partial charge in [0.2, 0.25) is 0 Å². The number of anilines is 1. The molecule has 14 heteroatoms. The van der Waals surface area contributed by atoms with Crippen LogP contribution in [0.5, 0.6) is 0 Å². The largest absolute Gasteiger partial charge is 0.395 e. The van der Waals surface area contributed by atoms with Gasteiger partial charge >= 0.3 is 0 Å². The van der Waals surface area contributed by atoms with Crippen molar-refractivity contribution in [2.45, 2.75) is 24.9 Å².